The number of carbonyl (C=O) groups is 2. The lowest BCUT2D eigenvalue weighted by atomic mass is 10.1. The second-order valence-corrected chi connectivity index (χ2v) is 6.62. The summed E-state index contributed by atoms with van der Waals surface area (Å²) in [5, 5.41) is 5.05. The van der Waals surface area contributed by atoms with Crippen molar-refractivity contribution in [3.63, 3.8) is 0 Å². The molecule has 0 unspecified atom stereocenters. The topological polar surface area (TPSA) is 58.6 Å². The maximum absolute atomic E-state index is 12.8. The fourth-order valence-corrected chi connectivity index (χ4v) is 3.48. The first-order valence-corrected chi connectivity index (χ1v) is 8.89. The van der Waals surface area contributed by atoms with Gasteiger partial charge in [-0.15, -0.1) is 0 Å². The van der Waals surface area contributed by atoms with Crippen molar-refractivity contribution in [3.05, 3.63) is 66.7 Å². The predicted molar refractivity (Wildman–Crippen MR) is 106 cm³/mol. The molecule has 0 spiro atoms. The quantitative estimate of drug-likeness (QED) is 0.769. The van der Waals surface area contributed by atoms with Crippen molar-refractivity contribution in [1.82, 2.24) is 0 Å². The second kappa shape index (κ2) is 7.11. The number of hydrogen-bond acceptors (Lipinski definition) is 3. The van der Waals surface area contributed by atoms with Crippen LogP contribution in [0.1, 0.15) is 6.42 Å². The summed E-state index contributed by atoms with van der Waals surface area (Å²) >= 11 is 0. The first-order valence-electron chi connectivity index (χ1n) is 8.89. The van der Waals surface area contributed by atoms with Gasteiger partial charge < -0.3 is 15.0 Å². The van der Waals surface area contributed by atoms with E-state index in [1.54, 1.807) is 12.0 Å². The van der Waals surface area contributed by atoms with Crippen LogP contribution in [0.25, 0.3) is 10.8 Å². The zero-order chi connectivity index (χ0) is 18.8. The molecule has 1 saturated heterocycles. The van der Waals surface area contributed by atoms with Crippen molar-refractivity contribution >= 4 is 34.0 Å². The van der Waals surface area contributed by atoms with Crippen LogP contribution in [0.3, 0.4) is 0 Å². The highest BCUT2D eigenvalue weighted by Crippen LogP contribution is 2.29. The highest BCUT2D eigenvalue weighted by molar-refractivity contribution is 6.07. The van der Waals surface area contributed by atoms with Crippen molar-refractivity contribution in [2.75, 3.05) is 23.9 Å². The lowest BCUT2D eigenvalue weighted by Gasteiger charge is -2.17. The molecule has 27 heavy (non-hydrogen) atoms. The fourth-order valence-electron chi connectivity index (χ4n) is 3.48. The van der Waals surface area contributed by atoms with Gasteiger partial charge in [-0.1, -0.05) is 42.5 Å². The van der Waals surface area contributed by atoms with Crippen molar-refractivity contribution in [2.45, 2.75) is 6.42 Å². The van der Waals surface area contributed by atoms with Gasteiger partial charge in [0, 0.05) is 35.8 Å². The Morgan fingerprint density at radius 3 is 2.70 bits per heavy atom. The second-order valence-electron chi connectivity index (χ2n) is 6.62. The summed E-state index contributed by atoms with van der Waals surface area (Å²) in [6.45, 7) is 0.364. The fraction of sp³-hybridized carbons (Fsp3) is 0.182. The Hall–Kier alpha value is -3.34. The van der Waals surface area contributed by atoms with Gasteiger partial charge in [0.05, 0.1) is 13.0 Å². The number of nitrogens with zero attached hydrogens (tertiary/aromatic N) is 1. The van der Waals surface area contributed by atoms with E-state index in [1.165, 1.54) is 0 Å². The van der Waals surface area contributed by atoms with Crippen molar-refractivity contribution in [3.8, 4) is 5.75 Å². The standard InChI is InChI=1S/C22H20N2O3/c1-27-18-9-5-8-17(13-18)24-14-16(12-21(24)25)22(26)23-20-11-4-7-15-6-2-3-10-19(15)20/h2-11,13,16H,12,14H2,1H3,(H,23,26)/t16-/m0/s1. The minimum atomic E-state index is -0.386. The molecular weight excluding hydrogens is 340 g/mol. The van der Waals surface area contributed by atoms with E-state index in [-0.39, 0.29) is 24.2 Å². The molecule has 0 aromatic heterocycles. The number of benzene rings is 3. The van der Waals surface area contributed by atoms with Crippen molar-refractivity contribution in [2.24, 2.45) is 5.92 Å². The van der Waals surface area contributed by atoms with Crippen LogP contribution < -0.4 is 15.0 Å². The summed E-state index contributed by atoms with van der Waals surface area (Å²) in [6.07, 6.45) is 0.202. The van der Waals surface area contributed by atoms with Gasteiger partial charge in [0.2, 0.25) is 11.8 Å². The Kier molecular flexibility index (Phi) is 4.50. The van der Waals surface area contributed by atoms with Gasteiger partial charge in [-0.25, -0.2) is 0 Å². The molecular formula is C22H20N2O3. The molecule has 5 heteroatoms. The molecule has 2 amide bonds. The van der Waals surface area contributed by atoms with E-state index in [0.29, 0.717) is 12.3 Å². The molecule has 136 valence electrons. The molecule has 0 aliphatic carbocycles. The van der Waals surface area contributed by atoms with Crippen LogP contribution in [0.4, 0.5) is 11.4 Å². The Balaban J connectivity index is 1.52. The van der Waals surface area contributed by atoms with E-state index >= 15 is 0 Å². The van der Waals surface area contributed by atoms with E-state index in [9.17, 15) is 9.59 Å². The third-order valence-electron chi connectivity index (χ3n) is 4.91. The molecule has 1 aliphatic heterocycles. The maximum Gasteiger partial charge on any atom is 0.229 e. The molecule has 1 fully saturated rings. The van der Waals surface area contributed by atoms with Gasteiger partial charge in [-0.2, -0.15) is 0 Å². The minimum absolute atomic E-state index is 0.0543. The number of methoxy groups -OCH3 is 1. The van der Waals surface area contributed by atoms with Crippen LogP contribution in [0.15, 0.2) is 66.7 Å². The molecule has 0 bridgehead atoms. The normalized spacial score (nSPS) is 16.6. The number of ether oxygens (including phenoxy) is 1. The van der Waals surface area contributed by atoms with Gasteiger partial charge in [0.1, 0.15) is 5.75 Å². The lowest BCUT2D eigenvalue weighted by Crippen LogP contribution is -2.28. The van der Waals surface area contributed by atoms with E-state index in [0.717, 1.165) is 22.1 Å². The molecule has 5 nitrogen and oxygen atoms in total. The molecule has 1 atom stereocenters. The number of hydrogen-bond donors (Lipinski definition) is 1. The molecule has 0 saturated carbocycles. The predicted octanol–water partition coefficient (Wildman–Crippen LogP) is 3.84. The van der Waals surface area contributed by atoms with Crippen LogP contribution in [0.2, 0.25) is 0 Å². The molecule has 3 aromatic carbocycles. The summed E-state index contributed by atoms with van der Waals surface area (Å²) in [7, 11) is 1.59. The zero-order valence-electron chi connectivity index (χ0n) is 15.0. The number of amides is 2. The maximum atomic E-state index is 12.8. The van der Waals surface area contributed by atoms with Crippen LogP contribution in [-0.4, -0.2) is 25.5 Å². The summed E-state index contributed by atoms with van der Waals surface area (Å²) < 4.78 is 5.23. The highest BCUT2D eigenvalue weighted by atomic mass is 16.5. The number of fused-ring (bicyclic) bond motifs is 1. The Morgan fingerprint density at radius 1 is 1.07 bits per heavy atom. The first kappa shape index (κ1) is 17.1. The van der Waals surface area contributed by atoms with Crippen LogP contribution >= 0.6 is 0 Å². The van der Waals surface area contributed by atoms with E-state index in [1.807, 2.05) is 66.7 Å². The van der Waals surface area contributed by atoms with E-state index in [2.05, 4.69) is 5.32 Å². The Morgan fingerprint density at radius 2 is 1.85 bits per heavy atom. The Labute approximate surface area is 157 Å². The molecule has 4 rings (SSSR count). The van der Waals surface area contributed by atoms with Gasteiger partial charge >= 0.3 is 0 Å². The monoisotopic (exact) mass is 360 g/mol. The van der Waals surface area contributed by atoms with Gasteiger partial charge in [-0.05, 0) is 23.6 Å². The minimum Gasteiger partial charge on any atom is -0.497 e. The summed E-state index contributed by atoms with van der Waals surface area (Å²) in [5.41, 5.74) is 1.52. The van der Waals surface area contributed by atoms with Gasteiger partial charge in [-0.3, -0.25) is 9.59 Å². The van der Waals surface area contributed by atoms with Gasteiger partial charge in [0.25, 0.3) is 0 Å². The highest BCUT2D eigenvalue weighted by Gasteiger charge is 2.35. The largest absolute Gasteiger partial charge is 0.497 e. The lowest BCUT2D eigenvalue weighted by molar-refractivity contribution is -0.122. The molecule has 1 aliphatic rings. The number of rotatable bonds is 4. The summed E-state index contributed by atoms with van der Waals surface area (Å²) in [6, 6.07) is 21.0. The molecule has 0 radical (unpaired) electrons. The summed E-state index contributed by atoms with van der Waals surface area (Å²) in [5.74, 6) is 0.109. The van der Waals surface area contributed by atoms with Crippen molar-refractivity contribution < 1.29 is 14.3 Å². The Bertz CT molecular complexity index is 1010. The zero-order valence-corrected chi connectivity index (χ0v) is 15.0. The number of anilines is 2. The average Bonchev–Trinajstić information content (AvgIpc) is 3.10. The van der Waals surface area contributed by atoms with Crippen LogP contribution in [-0.2, 0) is 9.59 Å². The third kappa shape index (κ3) is 3.36. The number of carbonyl (C=O) groups excluding carboxylic acids is 2. The molecule has 1 N–H and O–H groups in total. The van der Waals surface area contributed by atoms with Crippen LogP contribution in [0.5, 0.6) is 5.75 Å². The smallest absolute Gasteiger partial charge is 0.229 e. The summed E-state index contributed by atoms with van der Waals surface area (Å²) in [4.78, 5) is 26.9. The van der Waals surface area contributed by atoms with E-state index < -0.39 is 0 Å². The van der Waals surface area contributed by atoms with Crippen LogP contribution in [0, 0.1) is 5.92 Å². The number of nitrogens with one attached hydrogen (secondary N) is 1. The SMILES string of the molecule is COc1cccc(N2C[C@@H](C(=O)Nc3cccc4ccccc34)CC2=O)c1. The average molecular weight is 360 g/mol. The van der Waals surface area contributed by atoms with Gasteiger partial charge in [0.15, 0.2) is 0 Å². The third-order valence-corrected chi connectivity index (χ3v) is 4.91. The van der Waals surface area contributed by atoms with E-state index in [4.69, 9.17) is 4.74 Å². The first-order chi connectivity index (χ1) is 13.2. The van der Waals surface area contributed by atoms with Crippen molar-refractivity contribution in [1.29, 1.82) is 0 Å². The molecule has 1 heterocycles. The molecule has 3 aromatic rings.